The van der Waals surface area contributed by atoms with Crippen molar-refractivity contribution in [2.75, 3.05) is 67.7 Å². The molecule has 390 valence electrons. The second-order valence-electron chi connectivity index (χ2n) is 21.7. The average molecular weight is 999 g/mol. The van der Waals surface area contributed by atoms with Crippen LogP contribution in [0.25, 0.3) is 33.3 Å². The summed E-state index contributed by atoms with van der Waals surface area (Å²) in [5.74, 6) is 3.18. The van der Waals surface area contributed by atoms with Crippen LogP contribution in [-0.2, 0) is 57.6 Å². The van der Waals surface area contributed by atoms with Gasteiger partial charge in [0.05, 0.1) is 36.6 Å². The highest BCUT2D eigenvalue weighted by molar-refractivity contribution is 5.97. The lowest BCUT2D eigenvalue weighted by atomic mass is 9.84. The Bertz CT molecular complexity index is 2780. The monoisotopic (exact) mass is 999 g/mol. The van der Waals surface area contributed by atoms with Gasteiger partial charge in [0.1, 0.15) is 23.7 Å². The molecule has 2 aromatic carbocycles. The molecule has 8 rings (SSSR count). The van der Waals surface area contributed by atoms with Crippen LogP contribution in [0.3, 0.4) is 0 Å². The number of benzene rings is 2. The number of nitrogens with zero attached hydrogens (tertiary/aromatic N) is 6. The van der Waals surface area contributed by atoms with Gasteiger partial charge >= 0.3 is 5.97 Å². The van der Waals surface area contributed by atoms with E-state index in [1.54, 1.807) is 25.3 Å². The summed E-state index contributed by atoms with van der Waals surface area (Å²) in [6.45, 7) is 14.8. The Hall–Kier alpha value is -6.12. The zero-order valence-corrected chi connectivity index (χ0v) is 44.4. The van der Waals surface area contributed by atoms with Crippen molar-refractivity contribution < 1.29 is 38.2 Å². The van der Waals surface area contributed by atoms with E-state index in [1.807, 2.05) is 58.0 Å². The van der Waals surface area contributed by atoms with Crippen LogP contribution in [0.2, 0.25) is 0 Å². The van der Waals surface area contributed by atoms with Crippen molar-refractivity contribution in [1.29, 1.82) is 0 Å². The average Bonchev–Trinajstić information content (AvgIpc) is 4.15. The van der Waals surface area contributed by atoms with Crippen LogP contribution in [0.5, 0.6) is 0 Å². The molecule has 2 aromatic heterocycles. The highest BCUT2D eigenvalue weighted by Crippen LogP contribution is 2.42. The molecule has 4 aliphatic heterocycles. The number of aromatic nitrogens is 2. The Balaban J connectivity index is 1.11. The lowest BCUT2D eigenvalue weighted by Gasteiger charge is -2.37. The zero-order valence-electron chi connectivity index (χ0n) is 44.4. The maximum atomic E-state index is 14.8. The fourth-order valence-electron chi connectivity index (χ4n) is 11.1. The van der Waals surface area contributed by atoms with Gasteiger partial charge in [0.25, 0.3) is 11.8 Å². The minimum atomic E-state index is -1.07. The summed E-state index contributed by atoms with van der Waals surface area (Å²) in [5, 5.41) is 5.60. The standard InChI is InChI=1S/C57H74N8O8/c1-11-64-47-20-19-40-31-43(47)44(51(64)42-17-13-25-58-49(42)37(4)71-10)32-56(5,6)34-73-55(70)45-18-14-26-65(60-45)54(69)46(30-38-15-12-16-39(40)29-38)59-52(67)50(36(2)3)62(9)53(68)41-22-27-63(33-41)48(66)21-23-57(61(7)8)24-28-72-35-57/h12-13,15-17,19-20,25,29,31,36-37,41,45-46,50,60H,11,14,18,22,24,26-28,30,32-35H2,1-10H3,(H,59,67)/t37-,41?,45-,46-,50-,57+/m0/s1. The molecule has 6 atom stereocenters. The van der Waals surface area contributed by atoms with E-state index in [2.05, 4.69) is 84.3 Å². The summed E-state index contributed by atoms with van der Waals surface area (Å²) in [6, 6.07) is 15.8. The first kappa shape index (κ1) is 53.2. The van der Waals surface area contributed by atoms with E-state index in [-0.39, 0.29) is 43.4 Å². The molecule has 3 fully saturated rings. The molecule has 16 nitrogen and oxygen atoms in total. The van der Waals surface area contributed by atoms with Gasteiger partial charge in [-0.25, -0.2) is 5.43 Å². The number of hydrogen-bond donors (Lipinski definition) is 2. The van der Waals surface area contributed by atoms with E-state index in [9.17, 15) is 24.0 Å². The van der Waals surface area contributed by atoms with Crippen molar-refractivity contribution in [1.82, 2.24) is 40.0 Å². The topological polar surface area (TPSA) is 168 Å². The number of pyridine rings is 1. The number of methoxy groups -OCH3 is 1. The molecule has 0 aliphatic carbocycles. The Kier molecular flexibility index (Phi) is 16.1. The number of amides is 4. The van der Waals surface area contributed by atoms with Gasteiger partial charge < -0.3 is 33.9 Å². The summed E-state index contributed by atoms with van der Waals surface area (Å²) in [4.78, 5) is 81.1. The Labute approximate surface area is 430 Å². The molecule has 4 aliphatic rings. The Morgan fingerprint density at radius 3 is 2.49 bits per heavy atom. The molecule has 6 bridgehead atoms. The van der Waals surface area contributed by atoms with E-state index in [0.29, 0.717) is 65.0 Å². The quantitative estimate of drug-likeness (QED) is 0.146. The van der Waals surface area contributed by atoms with Crippen LogP contribution >= 0.6 is 0 Å². The van der Waals surface area contributed by atoms with Gasteiger partial charge in [-0.1, -0.05) is 63.9 Å². The van der Waals surface area contributed by atoms with Crippen LogP contribution in [0.4, 0.5) is 0 Å². The van der Waals surface area contributed by atoms with Crippen molar-refractivity contribution in [2.24, 2.45) is 17.3 Å². The van der Waals surface area contributed by atoms with Crippen molar-refractivity contribution in [3.05, 3.63) is 77.6 Å². The Morgan fingerprint density at radius 1 is 1.00 bits per heavy atom. The first-order valence-corrected chi connectivity index (χ1v) is 26.0. The predicted molar refractivity (Wildman–Crippen MR) is 279 cm³/mol. The number of cyclic esters (lactones) is 1. The van der Waals surface area contributed by atoms with Crippen molar-refractivity contribution in [2.45, 2.75) is 116 Å². The molecular formula is C57H74N8O8. The number of aryl methyl sites for hydroxylation is 1. The summed E-state index contributed by atoms with van der Waals surface area (Å²) >= 11 is 0. The van der Waals surface area contributed by atoms with Gasteiger partial charge in [-0.2, -0.15) is 0 Å². The Morgan fingerprint density at radius 2 is 1.78 bits per heavy atom. The van der Waals surface area contributed by atoms with Gasteiger partial charge in [0.2, 0.25) is 11.8 Å². The van der Waals surface area contributed by atoms with E-state index >= 15 is 0 Å². The molecule has 0 spiro atoms. The van der Waals surface area contributed by atoms with Gasteiger partial charge in [0.15, 0.2) is 0 Å². The van der Waals surface area contributed by atoms with Crippen molar-refractivity contribution in [3.8, 4) is 34.2 Å². The number of hydrazine groups is 1. The number of likely N-dealkylation sites (tertiary alicyclic amines) is 1. The van der Waals surface area contributed by atoms with Gasteiger partial charge in [-0.05, 0) is 112 Å². The molecule has 1 unspecified atom stereocenters. The van der Waals surface area contributed by atoms with E-state index in [0.717, 1.165) is 50.1 Å². The third-order valence-corrected chi connectivity index (χ3v) is 15.4. The molecule has 2 N–H and O–H groups in total. The summed E-state index contributed by atoms with van der Waals surface area (Å²) in [6.07, 6.45) is 4.39. The summed E-state index contributed by atoms with van der Waals surface area (Å²) < 4.78 is 19.9. The molecule has 16 heteroatoms. The molecule has 3 saturated heterocycles. The number of ether oxygens (including phenoxy) is 3. The number of carbonyl (C=O) groups excluding carboxylic acids is 5. The number of fused-ring (bicyclic) bond motifs is 6. The largest absolute Gasteiger partial charge is 0.464 e. The first-order chi connectivity index (χ1) is 34.8. The highest BCUT2D eigenvalue weighted by atomic mass is 16.5. The normalized spacial score (nSPS) is 23.2. The number of rotatable bonds is 10. The smallest absolute Gasteiger partial charge is 0.324 e. The van der Waals surface area contributed by atoms with Crippen LogP contribution in [0, 0.1) is 29.1 Å². The molecule has 4 amide bonds. The second kappa shape index (κ2) is 22.2. The SMILES string of the molecule is CCn1c(-c2cccnc2[C@H](C)OC)c2c3cc(ccc31)-c1cccc(c1)C[C@H](NC(=O)[C@H](C(C)C)N(C)C(=O)C1CCN(C(=O)C#C[C@@]3(N(C)C)CCOC3)C1)C(=O)N1CCC[C@H](N1)C(=O)OCC(C)(C)C2. The number of esters is 1. The maximum absolute atomic E-state index is 14.8. The summed E-state index contributed by atoms with van der Waals surface area (Å²) in [7, 11) is 7.15. The van der Waals surface area contributed by atoms with Crippen LogP contribution in [-0.4, -0.2) is 150 Å². The fraction of sp³-hybridized carbons (Fsp3) is 0.544. The number of nitrogens with one attached hydrogen (secondary N) is 2. The molecule has 0 radical (unpaired) electrons. The van der Waals surface area contributed by atoms with Crippen LogP contribution in [0.1, 0.15) is 90.2 Å². The van der Waals surface area contributed by atoms with E-state index < -0.39 is 52.8 Å². The molecule has 73 heavy (non-hydrogen) atoms. The number of carbonyl (C=O) groups is 5. The van der Waals surface area contributed by atoms with E-state index in [4.69, 9.17) is 19.2 Å². The minimum Gasteiger partial charge on any atom is -0.464 e. The lowest BCUT2D eigenvalue weighted by molar-refractivity contribution is -0.155. The minimum absolute atomic E-state index is 0.129. The molecular weight excluding hydrogens is 925 g/mol. The van der Waals surface area contributed by atoms with Crippen molar-refractivity contribution >= 4 is 40.5 Å². The third-order valence-electron chi connectivity index (χ3n) is 15.4. The second-order valence-corrected chi connectivity index (χ2v) is 21.7. The van der Waals surface area contributed by atoms with Crippen molar-refractivity contribution in [3.63, 3.8) is 0 Å². The lowest BCUT2D eigenvalue weighted by Crippen LogP contribution is -2.62. The predicted octanol–water partition coefficient (Wildman–Crippen LogP) is 5.80. The zero-order chi connectivity index (χ0) is 52.4. The highest BCUT2D eigenvalue weighted by Gasteiger charge is 2.41. The number of hydrogen-bond acceptors (Lipinski definition) is 11. The first-order valence-electron chi connectivity index (χ1n) is 26.0. The van der Waals surface area contributed by atoms with Gasteiger partial charge in [-0.15, -0.1) is 0 Å². The van der Waals surface area contributed by atoms with Gasteiger partial charge in [-0.3, -0.25) is 38.9 Å². The van der Waals surface area contributed by atoms with E-state index in [1.165, 1.54) is 9.91 Å². The third kappa shape index (κ3) is 11.2. The van der Waals surface area contributed by atoms with Crippen LogP contribution < -0.4 is 10.7 Å². The molecule has 4 aromatic rings. The number of likely N-dealkylation sites (N-methyl/N-ethyl adjacent to an activating group) is 2. The summed E-state index contributed by atoms with van der Waals surface area (Å²) in [5.41, 5.74) is 9.91. The van der Waals surface area contributed by atoms with Crippen LogP contribution in [0.15, 0.2) is 60.8 Å². The van der Waals surface area contributed by atoms with Gasteiger partial charge in [0, 0.05) is 87.9 Å². The maximum Gasteiger partial charge on any atom is 0.324 e. The molecule has 6 heterocycles. The fourth-order valence-corrected chi connectivity index (χ4v) is 11.1. The molecule has 0 saturated carbocycles.